The maximum atomic E-state index is 12.9. The van der Waals surface area contributed by atoms with Crippen LogP contribution in [0.2, 0.25) is 0 Å². The van der Waals surface area contributed by atoms with E-state index in [-0.39, 0.29) is 28.4 Å². The van der Waals surface area contributed by atoms with Gasteiger partial charge < -0.3 is 14.2 Å². The van der Waals surface area contributed by atoms with Crippen LogP contribution in [-0.4, -0.2) is 62.3 Å². The van der Waals surface area contributed by atoms with E-state index in [2.05, 4.69) is 4.36 Å². The summed E-state index contributed by atoms with van der Waals surface area (Å²) in [7, 11) is -0.739. The first-order valence-electron chi connectivity index (χ1n) is 8.97. The molecule has 1 aromatic heterocycles. The molecule has 8 nitrogen and oxygen atoms in total. The van der Waals surface area contributed by atoms with Crippen LogP contribution in [0, 0.1) is 6.92 Å². The van der Waals surface area contributed by atoms with Gasteiger partial charge in [-0.05, 0) is 19.8 Å². The van der Waals surface area contributed by atoms with Gasteiger partial charge >= 0.3 is 0 Å². The number of pyridine rings is 1. The fourth-order valence-corrected chi connectivity index (χ4v) is 5.86. The minimum Gasteiger partial charge on any atom is -0.371 e. The zero-order valence-electron chi connectivity index (χ0n) is 15.9. The van der Waals surface area contributed by atoms with Crippen LogP contribution in [-0.2, 0) is 26.3 Å². The van der Waals surface area contributed by atoms with E-state index in [0.29, 0.717) is 32.5 Å². The van der Waals surface area contributed by atoms with Crippen molar-refractivity contribution in [1.82, 2.24) is 9.47 Å². The predicted molar refractivity (Wildman–Crippen MR) is 101 cm³/mol. The Morgan fingerprint density at radius 2 is 1.96 bits per heavy atom. The van der Waals surface area contributed by atoms with Gasteiger partial charge in [0.2, 0.25) is 0 Å². The maximum Gasteiger partial charge on any atom is 0.259 e. The van der Waals surface area contributed by atoms with Gasteiger partial charge in [0.25, 0.3) is 11.8 Å². The lowest BCUT2D eigenvalue weighted by molar-refractivity contribution is -0.115. The summed E-state index contributed by atoms with van der Waals surface area (Å²) in [6.07, 6.45) is 2.51. The number of nitrogens with zero attached hydrogens (tertiary/aromatic N) is 3. The lowest BCUT2D eigenvalue weighted by atomic mass is 9.94. The summed E-state index contributed by atoms with van der Waals surface area (Å²) in [5.41, 5.74) is 0.0533. The van der Waals surface area contributed by atoms with Gasteiger partial charge in [-0.15, -0.1) is 0 Å². The molecule has 148 valence electrons. The van der Waals surface area contributed by atoms with Crippen molar-refractivity contribution >= 4 is 21.5 Å². The Labute approximate surface area is 158 Å². The van der Waals surface area contributed by atoms with Gasteiger partial charge in [0.05, 0.1) is 28.5 Å². The Balaban J connectivity index is 1.78. The molecule has 2 aliphatic heterocycles. The second-order valence-electron chi connectivity index (χ2n) is 7.35. The molecule has 0 N–H and O–H groups in total. The quantitative estimate of drug-likeness (QED) is 0.698. The number of ether oxygens (including phenoxy) is 1. The SMILES string of the molecule is CC(=O)N=S1(=O)CCC2(CC1)CN(C(=O)c1cn(C)c(C)cc1=O)CCO2. The molecule has 2 aliphatic rings. The normalized spacial score (nSPS) is 28.2. The van der Waals surface area contributed by atoms with Crippen LogP contribution >= 0.6 is 0 Å². The van der Waals surface area contributed by atoms with Crippen LogP contribution in [0.25, 0.3) is 0 Å². The van der Waals surface area contributed by atoms with E-state index in [9.17, 15) is 18.6 Å². The third-order valence-corrected chi connectivity index (χ3v) is 7.57. The molecule has 0 atom stereocenters. The van der Waals surface area contributed by atoms with E-state index >= 15 is 0 Å². The highest BCUT2D eigenvalue weighted by Crippen LogP contribution is 2.32. The molecular weight excluding hydrogens is 370 g/mol. The Bertz CT molecular complexity index is 944. The van der Waals surface area contributed by atoms with Crippen molar-refractivity contribution in [3.05, 3.63) is 33.7 Å². The van der Waals surface area contributed by atoms with Gasteiger partial charge in [0.1, 0.15) is 5.56 Å². The second-order valence-corrected chi connectivity index (χ2v) is 9.90. The van der Waals surface area contributed by atoms with Crippen molar-refractivity contribution in [1.29, 1.82) is 0 Å². The molecule has 27 heavy (non-hydrogen) atoms. The monoisotopic (exact) mass is 395 g/mol. The molecule has 0 saturated carbocycles. The molecule has 3 rings (SSSR count). The zero-order chi connectivity index (χ0) is 19.8. The summed E-state index contributed by atoms with van der Waals surface area (Å²) < 4.78 is 24.1. The predicted octanol–water partition coefficient (Wildman–Crippen LogP) is 0.713. The number of carbonyl (C=O) groups excluding carboxylic acids is 2. The van der Waals surface area contributed by atoms with Gasteiger partial charge in [0.15, 0.2) is 5.43 Å². The minimum atomic E-state index is -2.53. The summed E-state index contributed by atoms with van der Waals surface area (Å²) in [5, 5.41) is 0. The number of carbonyl (C=O) groups is 2. The number of aryl methyl sites for hydroxylation is 2. The van der Waals surface area contributed by atoms with Gasteiger partial charge in [-0.1, -0.05) is 0 Å². The average molecular weight is 395 g/mol. The van der Waals surface area contributed by atoms with Gasteiger partial charge in [-0.2, -0.15) is 4.36 Å². The van der Waals surface area contributed by atoms with Crippen molar-refractivity contribution < 1.29 is 18.5 Å². The van der Waals surface area contributed by atoms with Gasteiger partial charge in [0, 0.05) is 50.0 Å². The lowest BCUT2D eigenvalue weighted by Crippen LogP contribution is -2.57. The first-order valence-corrected chi connectivity index (χ1v) is 10.8. The highest BCUT2D eigenvalue weighted by molar-refractivity contribution is 7.93. The molecule has 2 fully saturated rings. The molecule has 2 amide bonds. The average Bonchev–Trinajstić information content (AvgIpc) is 2.60. The highest BCUT2D eigenvalue weighted by atomic mass is 32.2. The van der Waals surface area contributed by atoms with E-state index < -0.39 is 21.2 Å². The van der Waals surface area contributed by atoms with Crippen LogP contribution in [0.15, 0.2) is 21.4 Å². The summed E-state index contributed by atoms with van der Waals surface area (Å²) in [4.78, 5) is 38.0. The molecular formula is C18H25N3O5S. The Morgan fingerprint density at radius 3 is 2.59 bits per heavy atom. The van der Waals surface area contributed by atoms with Crippen molar-refractivity contribution in [3.8, 4) is 0 Å². The van der Waals surface area contributed by atoms with E-state index in [1.807, 2.05) is 6.92 Å². The van der Waals surface area contributed by atoms with Gasteiger partial charge in [-0.3, -0.25) is 14.4 Å². The molecule has 3 heterocycles. The fourth-order valence-electron chi connectivity index (χ4n) is 3.62. The molecule has 1 aromatic rings. The molecule has 0 aliphatic carbocycles. The third kappa shape index (κ3) is 4.14. The molecule has 0 aromatic carbocycles. The highest BCUT2D eigenvalue weighted by Gasteiger charge is 2.42. The van der Waals surface area contributed by atoms with E-state index in [0.717, 1.165) is 5.69 Å². The number of amides is 2. The standard InChI is InChI=1S/C18H25N3O5S/c1-13-10-16(23)15(11-20(13)3)17(24)21-6-7-26-18(12-21)4-8-27(25,9-5-18)19-14(2)22/h10-11H,4-9,12H2,1-3H3. The maximum absolute atomic E-state index is 12.9. The van der Waals surface area contributed by atoms with Crippen LogP contribution in [0.4, 0.5) is 0 Å². The van der Waals surface area contributed by atoms with Crippen molar-refractivity contribution in [2.75, 3.05) is 31.2 Å². The largest absolute Gasteiger partial charge is 0.371 e. The van der Waals surface area contributed by atoms with E-state index in [1.54, 1.807) is 22.7 Å². The number of rotatable bonds is 1. The van der Waals surface area contributed by atoms with Crippen molar-refractivity contribution in [2.45, 2.75) is 32.3 Å². The Morgan fingerprint density at radius 1 is 1.30 bits per heavy atom. The Hall–Kier alpha value is -2.00. The third-order valence-electron chi connectivity index (χ3n) is 5.30. The number of aromatic nitrogens is 1. The summed E-state index contributed by atoms with van der Waals surface area (Å²) >= 11 is 0. The van der Waals surface area contributed by atoms with Crippen LogP contribution < -0.4 is 5.43 Å². The van der Waals surface area contributed by atoms with E-state index in [4.69, 9.17) is 4.74 Å². The van der Waals surface area contributed by atoms with Crippen molar-refractivity contribution in [3.63, 3.8) is 0 Å². The summed E-state index contributed by atoms with van der Waals surface area (Å²) in [5.74, 6) is -0.174. The molecule has 1 spiro atoms. The number of morpholine rings is 1. The first-order chi connectivity index (χ1) is 12.6. The summed E-state index contributed by atoms with van der Waals surface area (Å²) in [6, 6.07) is 1.46. The molecule has 2 saturated heterocycles. The zero-order valence-corrected chi connectivity index (χ0v) is 16.7. The topological polar surface area (TPSA) is 98.0 Å². The van der Waals surface area contributed by atoms with Crippen molar-refractivity contribution in [2.24, 2.45) is 11.4 Å². The molecule has 9 heteroatoms. The minimum absolute atomic E-state index is 0.145. The second kappa shape index (κ2) is 7.20. The first kappa shape index (κ1) is 19.8. The summed E-state index contributed by atoms with van der Waals surface area (Å²) in [6.45, 7) is 4.23. The van der Waals surface area contributed by atoms with Crippen LogP contribution in [0.1, 0.15) is 35.8 Å². The number of hydrogen-bond acceptors (Lipinski definition) is 5. The number of hydrogen-bond donors (Lipinski definition) is 0. The van der Waals surface area contributed by atoms with Crippen LogP contribution in [0.5, 0.6) is 0 Å². The smallest absolute Gasteiger partial charge is 0.259 e. The van der Waals surface area contributed by atoms with Crippen LogP contribution in [0.3, 0.4) is 0 Å². The fraction of sp³-hybridized carbons (Fsp3) is 0.611. The molecule has 0 unspecified atom stereocenters. The lowest BCUT2D eigenvalue weighted by Gasteiger charge is -2.45. The van der Waals surface area contributed by atoms with Gasteiger partial charge in [-0.25, -0.2) is 4.21 Å². The molecule has 0 bridgehead atoms. The molecule has 0 radical (unpaired) electrons. The Kier molecular flexibility index (Phi) is 5.27. The van der Waals surface area contributed by atoms with E-state index in [1.165, 1.54) is 13.0 Å².